The lowest BCUT2D eigenvalue weighted by Crippen LogP contribution is -2.30. The highest BCUT2D eigenvalue weighted by atomic mass is 16.5. The van der Waals surface area contributed by atoms with Gasteiger partial charge in [-0.15, -0.1) is 0 Å². The van der Waals surface area contributed by atoms with Crippen molar-refractivity contribution < 1.29 is 19.1 Å². The second-order valence-corrected chi connectivity index (χ2v) is 6.49. The van der Waals surface area contributed by atoms with Gasteiger partial charge in [0.05, 0.1) is 17.2 Å². The number of benzene rings is 3. The van der Waals surface area contributed by atoms with E-state index in [1.54, 1.807) is 48.5 Å². The molecule has 30 heavy (non-hydrogen) atoms. The van der Waals surface area contributed by atoms with Crippen LogP contribution in [0, 0.1) is 11.3 Å². The summed E-state index contributed by atoms with van der Waals surface area (Å²) in [5.74, 6) is -0.417. The van der Waals surface area contributed by atoms with Crippen LogP contribution < -0.4 is 10.1 Å². The van der Waals surface area contributed by atoms with Crippen molar-refractivity contribution in [3.8, 4) is 11.8 Å². The van der Waals surface area contributed by atoms with Gasteiger partial charge in [-0.3, -0.25) is 4.79 Å². The van der Waals surface area contributed by atoms with Crippen LogP contribution in [0.4, 0.5) is 5.69 Å². The van der Waals surface area contributed by atoms with Crippen molar-refractivity contribution in [2.75, 3.05) is 5.32 Å². The molecule has 0 spiro atoms. The van der Waals surface area contributed by atoms with Crippen molar-refractivity contribution in [3.05, 3.63) is 95.6 Å². The van der Waals surface area contributed by atoms with Crippen LogP contribution in [0.15, 0.2) is 78.9 Å². The molecule has 0 bridgehead atoms. The fourth-order valence-corrected chi connectivity index (χ4v) is 2.71. The normalized spacial score (nSPS) is 11.1. The van der Waals surface area contributed by atoms with Gasteiger partial charge in [-0.05, 0) is 43.3 Å². The predicted molar refractivity (Wildman–Crippen MR) is 112 cm³/mol. The molecular weight excluding hydrogens is 380 g/mol. The van der Waals surface area contributed by atoms with E-state index in [9.17, 15) is 9.59 Å². The number of hydrogen-bond donors (Lipinski definition) is 1. The second kappa shape index (κ2) is 9.89. The molecule has 3 aromatic rings. The van der Waals surface area contributed by atoms with E-state index in [2.05, 4.69) is 5.32 Å². The molecule has 0 aromatic heterocycles. The molecule has 3 rings (SSSR count). The van der Waals surface area contributed by atoms with E-state index in [1.165, 1.54) is 6.92 Å². The number of ether oxygens (including phenoxy) is 2. The van der Waals surface area contributed by atoms with Crippen molar-refractivity contribution in [2.45, 2.75) is 19.6 Å². The van der Waals surface area contributed by atoms with E-state index < -0.39 is 18.0 Å². The molecule has 0 radical (unpaired) electrons. The second-order valence-electron chi connectivity index (χ2n) is 6.49. The minimum atomic E-state index is -1.02. The fourth-order valence-electron chi connectivity index (χ4n) is 2.71. The number of nitrogens with zero attached hydrogens (tertiary/aromatic N) is 1. The van der Waals surface area contributed by atoms with Crippen LogP contribution in [-0.2, 0) is 16.1 Å². The summed E-state index contributed by atoms with van der Waals surface area (Å²) >= 11 is 0. The summed E-state index contributed by atoms with van der Waals surface area (Å²) in [4.78, 5) is 25.0. The lowest BCUT2D eigenvalue weighted by Gasteiger charge is -2.15. The van der Waals surface area contributed by atoms with Gasteiger partial charge in [-0.1, -0.05) is 42.5 Å². The van der Waals surface area contributed by atoms with Crippen LogP contribution >= 0.6 is 0 Å². The molecule has 0 saturated heterocycles. The number of carbonyl (C=O) groups excluding carboxylic acids is 2. The van der Waals surface area contributed by atoms with Crippen LogP contribution in [0.1, 0.15) is 28.4 Å². The molecule has 0 aliphatic carbocycles. The van der Waals surface area contributed by atoms with E-state index in [0.717, 1.165) is 0 Å². The largest absolute Gasteiger partial charge is 0.489 e. The summed E-state index contributed by atoms with van der Waals surface area (Å²) in [6.07, 6.45) is -1.02. The molecule has 0 heterocycles. The van der Waals surface area contributed by atoms with Crippen molar-refractivity contribution in [1.29, 1.82) is 5.26 Å². The highest BCUT2D eigenvalue weighted by Gasteiger charge is 2.21. The molecule has 0 fully saturated rings. The van der Waals surface area contributed by atoms with Gasteiger partial charge < -0.3 is 14.8 Å². The van der Waals surface area contributed by atoms with Crippen molar-refractivity contribution in [3.63, 3.8) is 0 Å². The van der Waals surface area contributed by atoms with Gasteiger partial charge in [0.25, 0.3) is 5.91 Å². The number of esters is 1. The number of nitriles is 1. The Morgan fingerprint density at radius 2 is 1.73 bits per heavy atom. The molecule has 0 aliphatic rings. The Kier molecular flexibility index (Phi) is 6.80. The average Bonchev–Trinajstić information content (AvgIpc) is 2.78. The number of para-hydroxylation sites is 1. The maximum atomic E-state index is 12.6. The molecule has 0 aliphatic heterocycles. The monoisotopic (exact) mass is 400 g/mol. The SMILES string of the molecule is C[C@H](OC(=O)c1ccccc1COc1ccccc1)C(=O)Nc1cccc(C#N)c1. The molecular formula is C24H20N2O4. The third-order valence-corrected chi connectivity index (χ3v) is 4.29. The molecule has 0 saturated carbocycles. The van der Waals surface area contributed by atoms with Gasteiger partial charge in [0.15, 0.2) is 6.10 Å². The Morgan fingerprint density at radius 1 is 1.00 bits per heavy atom. The Balaban J connectivity index is 1.63. The zero-order chi connectivity index (χ0) is 21.3. The van der Waals surface area contributed by atoms with E-state index in [0.29, 0.717) is 28.1 Å². The lowest BCUT2D eigenvalue weighted by atomic mass is 10.1. The number of hydrogen-bond acceptors (Lipinski definition) is 5. The Labute approximate surface area is 174 Å². The molecule has 3 aromatic carbocycles. The average molecular weight is 400 g/mol. The van der Waals surface area contributed by atoms with Crippen LogP contribution in [0.3, 0.4) is 0 Å². The van der Waals surface area contributed by atoms with Crippen LogP contribution in [0.5, 0.6) is 5.75 Å². The van der Waals surface area contributed by atoms with Crippen LogP contribution in [0.2, 0.25) is 0 Å². The first-order valence-electron chi connectivity index (χ1n) is 9.34. The van der Waals surface area contributed by atoms with Crippen molar-refractivity contribution >= 4 is 17.6 Å². The maximum Gasteiger partial charge on any atom is 0.339 e. The number of rotatable bonds is 7. The van der Waals surface area contributed by atoms with Crippen molar-refractivity contribution in [2.24, 2.45) is 0 Å². The molecule has 1 N–H and O–H groups in total. The Hall–Kier alpha value is -4.11. The summed E-state index contributed by atoms with van der Waals surface area (Å²) in [5.41, 5.74) is 1.86. The zero-order valence-electron chi connectivity index (χ0n) is 16.4. The fraction of sp³-hybridized carbons (Fsp3) is 0.125. The third kappa shape index (κ3) is 5.46. The summed E-state index contributed by atoms with van der Waals surface area (Å²) in [6.45, 7) is 1.68. The van der Waals surface area contributed by atoms with E-state index >= 15 is 0 Å². The highest BCUT2D eigenvalue weighted by Crippen LogP contribution is 2.17. The number of carbonyl (C=O) groups is 2. The highest BCUT2D eigenvalue weighted by molar-refractivity contribution is 5.97. The van der Waals surface area contributed by atoms with E-state index in [1.807, 2.05) is 36.4 Å². The first-order chi connectivity index (χ1) is 14.6. The number of anilines is 1. The van der Waals surface area contributed by atoms with Gasteiger partial charge in [-0.25, -0.2) is 4.79 Å². The van der Waals surface area contributed by atoms with Crippen molar-refractivity contribution in [1.82, 2.24) is 0 Å². The lowest BCUT2D eigenvalue weighted by molar-refractivity contribution is -0.123. The molecule has 0 unspecified atom stereocenters. The minimum absolute atomic E-state index is 0.191. The first kappa shape index (κ1) is 20.6. The van der Waals surface area contributed by atoms with Crippen LogP contribution in [-0.4, -0.2) is 18.0 Å². The third-order valence-electron chi connectivity index (χ3n) is 4.29. The summed E-state index contributed by atoms with van der Waals surface area (Å²) in [6, 6.07) is 24.7. The summed E-state index contributed by atoms with van der Waals surface area (Å²) in [7, 11) is 0. The Morgan fingerprint density at radius 3 is 2.50 bits per heavy atom. The molecule has 6 nitrogen and oxygen atoms in total. The quantitative estimate of drug-likeness (QED) is 0.597. The molecule has 150 valence electrons. The molecule has 6 heteroatoms. The van der Waals surface area contributed by atoms with E-state index in [4.69, 9.17) is 14.7 Å². The number of amides is 1. The smallest absolute Gasteiger partial charge is 0.339 e. The topological polar surface area (TPSA) is 88.4 Å². The minimum Gasteiger partial charge on any atom is -0.489 e. The molecule has 1 amide bonds. The van der Waals surface area contributed by atoms with Gasteiger partial charge in [0, 0.05) is 11.3 Å². The van der Waals surface area contributed by atoms with Gasteiger partial charge in [0.2, 0.25) is 0 Å². The maximum absolute atomic E-state index is 12.6. The predicted octanol–water partition coefficient (Wildman–Crippen LogP) is 4.32. The summed E-state index contributed by atoms with van der Waals surface area (Å²) < 4.78 is 11.1. The van der Waals surface area contributed by atoms with Gasteiger partial charge >= 0.3 is 5.97 Å². The number of nitrogens with one attached hydrogen (secondary N) is 1. The van der Waals surface area contributed by atoms with Crippen LogP contribution in [0.25, 0.3) is 0 Å². The summed E-state index contributed by atoms with van der Waals surface area (Å²) in [5, 5.41) is 11.6. The standard InChI is InChI=1S/C24H20N2O4/c1-17(23(27)26-20-10-7-8-18(14-20)15-25)30-24(28)22-13-6-5-9-19(22)16-29-21-11-3-2-4-12-21/h2-14,17H,16H2,1H3,(H,26,27)/t17-/m0/s1. The van der Waals surface area contributed by atoms with Gasteiger partial charge in [-0.2, -0.15) is 5.26 Å². The zero-order valence-corrected chi connectivity index (χ0v) is 16.4. The van der Waals surface area contributed by atoms with E-state index in [-0.39, 0.29) is 6.61 Å². The first-order valence-corrected chi connectivity index (χ1v) is 9.34. The van der Waals surface area contributed by atoms with Gasteiger partial charge in [0.1, 0.15) is 12.4 Å². The molecule has 1 atom stereocenters. The Bertz CT molecular complexity index is 1070.